The molecule has 1 aliphatic heterocycles. The molecule has 10 nitrogen and oxygen atoms in total. The van der Waals surface area contributed by atoms with Gasteiger partial charge in [-0.25, -0.2) is 9.11 Å². The van der Waals surface area contributed by atoms with Gasteiger partial charge in [-0.05, 0) is 37.2 Å². The van der Waals surface area contributed by atoms with Crippen LogP contribution in [-0.2, 0) is 14.9 Å². The second kappa shape index (κ2) is 12.5. The van der Waals surface area contributed by atoms with Crippen LogP contribution >= 0.6 is 0 Å². The van der Waals surface area contributed by atoms with Gasteiger partial charge in [0.2, 0.25) is 5.82 Å². The summed E-state index contributed by atoms with van der Waals surface area (Å²) in [4.78, 5) is 19.0. The molecule has 1 atom stereocenters. The lowest BCUT2D eigenvalue weighted by molar-refractivity contribution is -0.0382. The van der Waals surface area contributed by atoms with Crippen LogP contribution in [0, 0.1) is 11.6 Å². The van der Waals surface area contributed by atoms with Gasteiger partial charge in [0.05, 0.1) is 23.6 Å². The molecule has 0 unspecified atom stereocenters. The number of piperazine rings is 1. The van der Waals surface area contributed by atoms with Crippen LogP contribution in [0.4, 0.5) is 8.78 Å². The number of hydrogen-bond donors (Lipinski definition) is 1. The van der Waals surface area contributed by atoms with Gasteiger partial charge in [-0.1, -0.05) is 13.8 Å². The van der Waals surface area contributed by atoms with Gasteiger partial charge in [-0.3, -0.25) is 9.78 Å². The number of halogens is 2. The van der Waals surface area contributed by atoms with Crippen molar-refractivity contribution in [2.45, 2.75) is 51.4 Å². The van der Waals surface area contributed by atoms with Crippen molar-refractivity contribution in [3.8, 4) is 11.5 Å². The Balaban J connectivity index is 1.39. The topological polar surface area (TPSA) is 110 Å². The van der Waals surface area contributed by atoms with Crippen LogP contribution in [0.3, 0.4) is 0 Å². The van der Waals surface area contributed by atoms with Crippen LogP contribution in [-0.4, -0.2) is 80.6 Å². The number of likely N-dealkylation sites (N-methyl/N-ethyl adjacent to an activating group) is 1. The SMILES string of the molecule is CC[C@@H](Oc1ccc(C(=O)NS(=O)(=O)N2CCN(CC)CC2)c(F)c1F)c1ccc(OC2CC(OC)C2)cn1. The van der Waals surface area contributed by atoms with Gasteiger partial charge in [-0.15, -0.1) is 0 Å². The Hall–Kier alpha value is -2.87. The smallest absolute Gasteiger partial charge is 0.304 e. The number of ether oxygens (including phenoxy) is 3. The van der Waals surface area contributed by atoms with Crippen LogP contribution in [0.25, 0.3) is 0 Å². The van der Waals surface area contributed by atoms with Crippen LogP contribution in [0.2, 0.25) is 0 Å². The van der Waals surface area contributed by atoms with E-state index in [1.165, 1.54) is 0 Å². The van der Waals surface area contributed by atoms with Crippen LogP contribution < -0.4 is 14.2 Å². The molecule has 39 heavy (non-hydrogen) atoms. The average Bonchev–Trinajstić information content (AvgIpc) is 2.91. The predicted octanol–water partition coefficient (Wildman–Crippen LogP) is 3.06. The van der Waals surface area contributed by atoms with Crippen molar-refractivity contribution >= 4 is 16.1 Å². The minimum absolute atomic E-state index is 0.0647. The van der Waals surface area contributed by atoms with E-state index >= 15 is 0 Å². The van der Waals surface area contributed by atoms with E-state index in [-0.39, 0.29) is 25.3 Å². The fraction of sp³-hybridized carbons (Fsp3) is 0.538. The Labute approximate surface area is 227 Å². The summed E-state index contributed by atoms with van der Waals surface area (Å²) in [6, 6.07) is 5.53. The number of amides is 1. The zero-order valence-corrected chi connectivity index (χ0v) is 23.0. The number of benzene rings is 1. The standard InChI is InChI=1S/C26H34F2N4O6S/c1-4-22(21-8-6-17(16-29-21)37-19-14-18(15-19)36-3)38-23-9-7-20(24(27)25(23)28)26(33)30-39(34,35)32-12-10-31(5-2)11-13-32/h6-9,16,18-19,22H,4-5,10-15H2,1-3H3,(H,30,33)/t18?,19?,22-/m1/s1. The summed E-state index contributed by atoms with van der Waals surface area (Å²) in [5, 5.41) is 0. The molecule has 0 spiro atoms. The summed E-state index contributed by atoms with van der Waals surface area (Å²) in [7, 11) is -2.55. The number of aromatic nitrogens is 1. The molecular formula is C26H34F2N4O6S. The summed E-state index contributed by atoms with van der Waals surface area (Å²) >= 11 is 0. The molecular weight excluding hydrogens is 534 g/mol. The first kappa shape index (κ1) is 29.1. The number of nitrogens with zero attached hydrogens (tertiary/aromatic N) is 3. The number of carbonyl (C=O) groups is 1. The monoisotopic (exact) mass is 568 g/mol. The lowest BCUT2D eigenvalue weighted by Gasteiger charge is -2.34. The molecule has 1 N–H and O–H groups in total. The van der Waals surface area contributed by atoms with E-state index in [1.807, 2.05) is 11.6 Å². The van der Waals surface area contributed by atoms with Crippen molar-refractivity contribution in [2.24, 2.45) is 0 Å². The fourth-order valence-corrected chi connectivity index (χ4v) is 5.59. The largest absolute Gasteiger partial charge is 0.489 e. The summed E-state index contributed by atoms with van der Waals surface area (Å²) in [5.74, 6) is -3.99. The summed E-state index contributed by atoms with van der Waals surface area (Å²) in [6.07, 6.45) is 3.14. The van der Waals surface area contributed by atoms with E-state index in [0.29, 0.717) is 31.0 Å². The predicted molar refractivity (Wildman–Crippen MR) is 139 cm³/mol. The summed E-state index contributed by atoms with van der Waals surface area (Å²) in [6.45, 7) is 5.96. The van der Waals surface area contributed by atoms with Crippen molar-refractivity contribution in [1.29, 1.82) is 0 Å². The van der Waals surface area contributed by atoms with Crippen molar-refractivity contribution < 1.29 is 36.2 Å². The molecule has 0 radical (unpaired) electrons. The molecule has 1 aromatic heterocycles. The van der Waals surface area contributed by atoms with E-state index in [1.54, 1.807) is 32.4 Å². The van der Waals surface area contributed by atoms with Crippen molar-refractivity contribution in [3.05, 3.63) is 53.4 Å². The van der Waals surface area contributed by atoms with Crippen LogP contribution in [0.15, 0.2) is 30.5 Å². The molecule has 1 aromatic carbocycles. The molecule has 2 fully saturated rings. The second-order valence-electron chi connectivity index (χ2n) is 9.51. The van der Waals surface area contributed by atoms with Gasteiger partial charge < -0.3 is 19.1 Å². The quantitative estimate of drug-likeness (QED) is 0.441. The zero-order valence-electron chi connectivity index (χ0n) is 22.2. The van der Waals surface area contributed by atoms with Crippen LogP contribution in [0.5, 0.6) is 11.5 Å². The highest BCUT2D eigenvalue weighted by Gasteiger charge is 2.32. The molecule has 4 rings (SSSR count). The summed E-state index contributed by atoms with van der Waals surface area (Å²) < 4.78 is 74.8. The number of nitrogens with one attached hydrogen (secondary N) is 1. The Morgan fingerprint density at radius 1 is 1.08 bits per heavy atom. The first-order chi connectivity index (χ1) is 18.6. The molecule has 1 aliphatic carbocycles. The molecule has 214 valence electrons. The summed E-state index contributed by atoms with van der Waals surface area (Å²) in [5.41, 5.74) is -0.251. The van der Waals surface area contributed by atoms with Gasteiger partial charge in [-0.2, -0.15) is 17.1 Å². The Morgan fingerprint density at radius 2 is 1.79 bits per heavy atom. The molecule has 0 bridgehead atoms. The lowest BCUT2D eigenvalue weighted by Crippen LogP contribution is -2.52. The lowest BCUT2D eigenvalue weighted by atomic mass is 9.92. The molecule has 13 heteroatoms. The van der Waals surface area contributed by atoms with Gasteiger partial charge in [0.15, 0.2) is 11.6 Å². The number of carbonyl (C=O) groups excluding carboxylic acids is 1. The minimum Gasteiger partial charge on any atom is -0.489 e. The maximum absolute atomic E-state index is 14.9. The zero-order chi connectivity index (χ0) is 28.2. The van der Waals surface area contributed by atoms with E-state index in [4.69, 9.17) is 14.2 Å². The minimum atomic E-state index is -4.21. The van der Waals surface area contributed by atoms with E-state index in [2.05, 4.69) is 9.88 Å². The fourth-order valence-electron chi connectivity index (χ4n) is 4.48. The van der Waals surface area contributed by atoms with Gasteiger partial charge in [0.1, 0.15) is 18.0 Å². The van der Waals surface area contributed by atoms with Crippen molar-refractivity contribution in [3.63, 3.8) is 0 Å². The molecule has 2 heterocycles. The third-order valence-electron chi connectivity index (χ3n) is 7.05. The Bertz CT molecular complexity index is 1250. The Morgan fingerprint density at radius 3 is 2.38 bits per heavy atom. The first-order valence-electron chi connectivity index (χ1n) is 13.0. The number of rotatable bonds is 11. The normalized spacial score (nSPS) is 21.2. The van der Waals surface area contributed by atoms with Crippen LogP contribution in [0.1, 0.15) is 55.3 Å². The molecule has 1 saturated carbocycles. The number of pyridine rings is 1. The van der Waals surface area contributed by atoms with Gasteiger partial charge in [0, 0.05) is 46.1 Å². The number of methoxy groups -OCH3 is 1. The van der Waals surface area contributed by atoms with E-state index in [0.717, 1.165) is 35.8 Å². The maximum Gasteiger partial charge on any atom is 0.304 e. The van der Waals surface area contributed by atoms with Crippen molar-refractivity contribution in [2.75, 3.05) is 39.8 Å². The molecule has 1 saturated heterocycles. The molecule has 2 aromatic rings. The maximum atomic E-state index is 14.9. The van der Waals surface area contributed by atoms with Crippen molar-refractivity contribution in [1.82, 2.24) is 18.9 Å². The first-order valence-corrected chi connectivity index (χ1v) is 14.4. The third-order valence-corrected chi connectivity index (χ3v) is 8.54. The highest BCUT2D eigenvalue weighted by atomic mass is 32.2. The van der Waals surface area contributed by atoms with Gasteiger partial charge >= 0.3 is 10.2 Å². The second-order valence-corrected chi connectivity index (χ2v) is 11.2. The number of hydrogen-bond acceptors (Lipinski definition) is 8. The van der Waals surface area contributed by atoms with E-state index < -0.39 is 45.2 Å². The highest BCUT2D eigenvalue weighted by Crippen LogP contribution is 2.31. The van der Waals surface area contributed by atoms with Gasteiger partial charge in [0.25, 0.3) is 5.91 Å². The highest BCUT2D eigenvalue weighted by molar-refractivity contribution is 7.87. The molecule has 2 aliphatic rings. The Kier molecular flexibility index (Phi) is 9.36. The third kappa shape index (κ3) is 6.83. The van der Waals surface area contributed by atoms with E-state index in [9.17, 15) is 22.0 Å². The molecule has 1 amide bonds. The average molecular weight is 569 g/mol.